The summed E-state index contributed by atoms with van der Waals surface area (Å²) in [5, 5.41) is 9.27. The maximum atomic E-state index is 12.8. The highest BCUT2D eigenvalue weighted by atomic mass is 16.2. The summed E-state index contributed by atoms with van der Waals surface area (Å²) in [7, 11) is 0. The normalized spacial score (nSPS) is 15.0. The van der Waals surface area contributed by atoms with Crippen LogP contribution in [-0.2, 0) is 0 Å². The van der Waals surface area contributed by atoms with Gasteiger partial charge in [-0.15, -0.1) is 0 Å². The molecular formula is C33H42N4O2. The highest BCUT2D eigenvalue weighted by molar-refractivity contribution is 5.94. The number of likely N-dealkylation sites (tertiary alicyclic amines) is 1. The van der Waals surface area contributed by atoms with Crippen LogP contribution < -0.4 is 16.0 Å². The Bertz CT molecular complexity index is 1090. The first-order chi connectivity index (χ1) is 19.2. The lowest BCUT2D eigenvalue weighted by Gasteiger charge is -2.40. The fourth-order valence-electron chi connectivity index (χ4n) is 5.49. The van der Waals surface area contributed by atoms with Crippen LogP contribution in [0.4, 0.5) is 4.79 Å². The predicted octanol–water partition coefficient (Wildman–Crippen LogP) is 5.78. The summed E-state index contributed by atoms with van der Waals surface area (Å²) in [6.07, 6.45) is 5.07. The number of hydrogen-bond acceptors (Lipinski definition) is 3. The van der Waals surface area contributed by atoms with Crippen molar-refractivity contribution in [1.29, 1.82) is 0 Å². The quantitative estimate of drug-likeness (QED) is 0.262. The molecule has 206 valence electrons. The number of urea groups is 1. The number of carbonyl (C=O) groups excluding carboxylic acids is 2. The van der Waals surface area contributed by atoms with E-state index in [1.807, 2.05) is 30.3 Å². The third kappa shape index (κ3) is 8.42. The molecule has 1 atom stereocenters. The average Bonchev–Trinajstić information content (AvgIpc) is 2.99. The molecule has 0 bridgehead atoms. The van der Waals surface area contributed by atoms with Gasteiger partial charge in [-0.25, -0.2) is 4.79 Å². The summed E-state index contributed by atoms with van der Waals surface area (Å²) in [6.45, 7) is 5.06. The summed E-state index contributed by atoms with van der Waals surface area (Å²) < 4.78 is 0. The summed E-state index contributed by atoms with van der Waals surface area (Å²) in [6, 6.07) is 30.5. The molecule has 1 heterocycles. The van der Waals surface area contributed by atoms with Crippen molar-refractivity contribution in [3.05, 3.63) is 108 Å². The Morgan fingerprint density at radius 2 is 1.36 bits per heavy atom. The largest absolute Gasteiger partial charge is 0.350 e. The minimum Gasteiger partial charge on any atom is -0.350 e. The van der Waals surface area contributed by atoms with Crippen LogP contribution in [0.1, 0.15) is 66.6 Å². The van der Waals surface area contributed by atoms with Crippen LogP contribution in [0, 0.1) is 5.92 Å². The van der Waals surface area contributed by atoms with Crippen LogP contribution >= 0.6 is 0 Å². The summed E-state index contributed by atoms with van der Waals surface area (Å²) >= 11 is 0. The molecule has 1 unspecified atom stereocenters. The van der Waals surface area contributed by atoms with E-state index in [9.17, 15) is 9.59 Å². The van der Waals surface area contributed by atoms with E-state index in [4.69, 9.17) is 0 Å². The maximum absolute atomic E-state index is 12.8. The molecule has 39 heavy (non-hydrogen) atoms. The lowest BCUT2D eigenvalue weighted by atomic mass is 9.86. The molecule has 3 N–H and O–H groups in total. The van der Waals surface area contributed by atoms with Gasteiger partial charge in [0.25, 0.3) is 5.91 Å². The van der Waals surface area contributed by atoms with Crippen molar-refractivity contribution in [2.75, 3.05) is 26.2 Å². The van der Waals surface area contributed by atoms with Gasteiger partial charge in [0.05, 0.1) is 12.1 Å². The van der Waals surface area contributed by atoms with Crippen molar-refractivity contribution in [1.82, 2.24) is 20.9 Å². The monoisotopic (exact) mass is 526 g/mol. The third-order valence-electron chi connectivity index (χ3n) is 7.64. The number of carbonyl (C=O) groups is 2. The van der Waals surface area contributed by atoms with E-state index in [-0.39, 0.29) is 29.9 Å². The molecule has 1 saturated heterocycles. The first kappa shape index (κ1) is 28.4. The number of benzene rings is 3. The second-order valence-electron chi connectivity index (χ2n) is 10.4. The number of nitrogens with one attached hydrogen (secondary N) is 3. The molecule has 3 amide bonds. The first-order valence-corrected chi connectivity index (χ1v) is 14.4. The summed E-state index contributed by atoms with van der Waals surface area (Å²) in [4.78, 5) is 28.1. The Hall–Kier alpha value is -3.64. The van der Waals surface area contributed by atoms with E-state index in [1.54, 1.807) is 0 Å². The zero-order valence-corrected chi connectivity index (χ0v) is 23.0. The van der Waals surface area contributed by atoms with Gasteiger partial charge in [-0.2, -0.15) is 0 Å². The van der Waals surface area contributed by atoms with Crippen LogP contribution in [0.25, 0.3) is 0 Å². The molecular weight excluding hydrogens is 484 g/mol. The predicted molar refractivity (Wildman–Crippen MR) is 158 cm³/mol. The Morgan fingerprint density at radius 1 is 0.795 bits per heavy atom. The van der Waals surface area contributed by atoms with Crippen LogP contribution in [0.2, 0.25) is 0 Å². The van der Waals surface area contributed by atoms with E-state index in [2.05, 4.69) is 88.4 Å². The van der Waals surface area contributed by atoms with Crippen molar-refractivity contribution < 1.29 is 9.59 Å². The molecule has 6 heteroatoms. The Balaban J connectivity index is 1.42. The molecule has 1 aliphatic rings. The van der Waals surface area contributed by atoms with E-state index >= 15 is 0 Å². The number of unbranched alkanes of at least 4 members (excludes halogenated alkanes) is 2. The zero-order valence-electron chi connectivity index (χ0n) is 23.0. The lowest BCUT2D eigenvalue weighted by Crippen LogP contribution is -2.53. The first-order valence-electron chi connectivity index (χ1n) is 14.4. The van der Waals surface area contributed by atoms with Gasteiger partial charge in [0.15, 0.2) is 0 Å². The minimum atomic E-state index is -0.154. The fourth-order valence-corrected chi connectivity index (χ4v) is 5.49. The lowest BCUT2D eigenvalue weighted by molar-refractivity contribution is 0.0932. The van der Waals surface area contributed by atoms with Crippen LogP contribution in [0.15, 0.2) is 91.0 Å². The smallest absolute Gasteiger partial charge is 0.315 e. The topological polar surface area (TPSA) is 73.5 Å². The molecule has 6 nitrogen and oxygen atoms in total. The number of hydrogen-bond donors (Lipinski definition) is 3. The van der Waals surface area contributed by atoms with Crippen LogP contribution in [0.3, 0.4) is 0 Å². The molecule has 0 radical (unpaired) electrons. The third-order valence-corrected chi connectivity index (χ3v) is 7.64. The van der Waals surface area contributed by atoms with Crippen molar-refractivity contribution in [2.24, 2.45) is 5.92 Å². The molecule has 1 aliphatic heterocycles. The second-order valence-corrected chi connectivity index (χ2v) is 10.4. The molecule has 1 fully saturated rings. The second kappa shape index (κ2) is 15.1. The van der Waals surface area contributed by atoms with Crippen molar-refractivity contribution >= 4 is 11.9 Å². The Morgan fingerprint density at radius 3 is 1.92 bits per heavy atom. The van der Waals surface area contributed by atoms with Gasteiger partial charge in [-0.05, 0) is 61.5 Å². The van der Waals surface area contributed by atoms with Crippen LogP contribution in [-0.4, -0.2) is 49.1 Å². The standard InChI is InChI=1S/C33H42N4O2/c1-2-3-13-22-34-33(39)36-30(25-35-32(38)29-18-11-6-12-19-29)26-20-23-37(24-21-26)31(27-14-7-4-8-15-27)28-16-9-5-10-17-28/h4-12,14-19,26,30-31H,2-3,13,20-25H2,1H3,(H,35,38)(H2,34,36,39). The van der Waals surface area contributed by atoms with Gasteiger partial charge >= 0.3 is 6.03 Å². The van der Waals surface area contributed by atoms with Gasteiger partial charge < -0.3 is 16.0 Å². The average molecular weight is 527 g/mol. The van der Waals surface area contributed by atoms with E-state index < -0.39 is 0 Å². The maximum Gasteiger partial charge on any atom is 0.315 e. The highest BCUT2D eigenvalue weighted by Crippen LogP contribution is 2.33. The van der Waals surface area contributed by atoms with E-state index in [0.717, 1.165) is 45.2 Å². The van der Waals surface area contributed by atoms with Gasteiger partial charge in [0, 0.05) is 18.7 Å². The summed E-state index contributed by atoms with van der Waals surface area (Å²) in [5.74, 6) is 0.155. The molecule has 0 spiro atoms. The SMILES string of the molecule is CCCCCNC(=O)NC(CNC(=O)c1ccccc1)C1CCN(C(c2ccccc2)c2ccccc2)CC1. The molecule has 0 aromatic heterocycles. The summed E-state index contributed by atoms with van der Waals surface area (Å²) in [5.41, 5.74) is 3.21. The van der Waals surface area contributed by atoms with Gasteiger partial charge in [-0.1, -0.05) is 98.6 Å². The molecule has 4 rings (SSSR count). The zero-order chi connectivity index (χ0) is 27.3. The van der Waals surface area contributed by atoms with Gasteiger partial charge in [-0.3, -0.25) is 9.69 Å². The fraction of sp³-hybridized carbons (Fsp3) is 0.394. The Labute approximate surface area is 233 Å². The van der Waals surface area contributed by atoms with E-state index in [0.29, 0.717) is 18.7 Å². The number of rotatable bonds is 12. The molecule has 3 aromatic rings. The molecule has 0 aliphatic carbocycles. The van der Waals surface area contributed by atoms with E-state index in [1.165, 1.54) is 11.1 Å². The van der Waals surface area contributed by atoms with Crippen LogP contribution in [0.5, 0.6) is 0 Å². The Kier molecular flexibility index (Phi) is 11.0. The number of amides is 3. The van der Waals surface area contributed by atoms with Gasteiger partial charge in [0.1, 0.15) is 0 Å². The molecule has 0 saturated carbocycles. The number of nitrogens with zero attached hydrogens (tertiary/aromatic N) is 1. The highest BCUT2D eigenvalue weighted by Gasteiger charge is 2.32. The van der Waals surface area contributed by atoms with Gasteiger partial charge in [0.2, 0.25) is 0 Å². The minimum absolute atomic E-state index is 0.114. The van der Waals surface area contributed by atoms with Crippen molar-refractivity contribution in [3.63, 3.8) is 0 Å². The van der Waals surface area contributed by atoms with Crippen molar-refractivity contribution in [2.45, 2.75) is 51.1 Å². The van der Waals surface area contributed by atoms with Crippen molar-refractivity contribution in [3.8, 4) is 0 Å². The molecule has 3 aromatic carbocycles. The number of piperidine rings is 1.